The van der Waals surface area contributed by atoms with Crippen LogP contribution in [0.4, 0.5) is 5.13 Å². The Hall–Kier alpha value is -3.10. The number of nitrogens with two attached hydrogens (primary N) is 1. The first-order valence-electron chi connectivity index (χ1n) is 18.6. The monoisotopic (exact) mass is 729 g/mol. The molecular formula is C38H59N5O7S. The molecule has 3 atom stereocenters. The summed E-state index contributed by atoms with van der Waals surface area (Å²) in [5.41, 5.74) is 7.44. The van der Waals surface area contributed by atoms with Crippen LogP contribution in [0.25, 0.3) is 0 Å². The number of nitrogens with zero attached hydrogens (tertiary/aromatic N) is 4. The highest BCUT2D eigenvalue weighted by Gasteiger charge is 2.37. The van der Waals surface area contributed by atoms with Crippen LogP contribution in [0.1, 0.15) is 95.7 Å². The number of hydrogen-bond donors (Lipinski definition) is 3. The molecule has 12 nitrogen and oxygen atoms in total. The first-order chi connectivity index (χ1) is 24.5. The van der Waals surface area contributed by atoms with Crippen molar-refractivity contribution in [2.45, 2.75) is 122 Å². The smallest absolute Gasteiger partial charge is 0.242 e. The van der Waals surface area contributed by atoms with Crippen LogP contribution in [-0.2, 0) is 36.9 Å². The summed E-state index contributed by atoms with van der Waals surface area (Å²) in [6.45, 7) is 5.50. The van der Waals surface area contributed by atoms with Crippen molar-refractivity contribution in [2.75, 3.05) is 39.3 Å². The van der Waals surface area contributed by atoms with Gasteiger partial charge in [0.25, 0.3) is 0 Å². The van der Waals surface area contributed by atoms with E-state index in [-0.39, 0.29) is 69.0 Å². The van der Waals surface area contributed by atoms with Crippen LogP contribution in [0.5, 0.6) is 0 Å². The van der Waals surface area contributed by atoms with Gasteiger partial charge in [-0.3, -0.25) is 14.4 Å². The first-order valence-corrected chi connectivity index (χ1v) is 19.5. The minimum absolute atomic E-state index is 0.0256. The van der Waals surface area contributed by atoms with Crippen LogP contribution in [0.15, 0.2) is 35.7 Å². The molecule has 4 rings (SSSR count). The number of amides is 3. The standard InChI is InChI=1S/C38H59N5O7S/c1-27(2)20-33(44)37(48)32(21-28-10-6-4-7-11-28)43(23-30-25-51-38(39)40-30)35(46)15-14-34(45)42(22-29-12-8-5-9-13-29)24-36(47)41-18-16-31(17-19-41)50-26-49-3/h5,8-9,12-13,25,27-28,31-33,37,44,48H,4,6-7,10-11,14-24,26H2,1-3H3,(H2,39,40)/t32-,33-,37+/m0/s1. The third-order valence-corrected chi connectivity index (χ3v) is 10.8. The van der Waals surface area contributed by atoms with Gasteiger partial charge in [-0.2, -0.15) is 0 Å². The molecule has 2 fully saturated rings. The molecular weight excluding hydrogens is 671 g/mol. The second-order valence-corrected chi connectivity index (χ2v) is 15.5. The van der Waals surface area contributed by atoms with Crippen molar-refractivity contribution in [3.05, 3.63) is 47.0 Å². The molecule has 0 bridgehead atoms. The predicted octanol–water partition coefficient (Wildman–Crippen LogP) is 4.58. The molecule has 2 aromatic rings. The van der Waals surface area contributed by atoms with Gasteiger partial charge >= 0.3 is 0 Å². The number of methoxy groups -OCH3 is 1. The van der Waals surface area contributed by atoms with Gasteiger partial charge in [-0.05, 0) is 43.1 Å². The zero-order valence-corrected chi connectivity index (χ0v) is 31.5. The molecule has 0 unspecified atom stereocenters. The number of piperidine rings is 1. The number of thiazole rings is 1. The van der Waals surface area contributed by atoms with Crippen LogP contribution in [0.2, 0.25) is 0 Å². The fraction of sp³-hybridized carbons (Fsp3) is 0.684. The summed E-state index contributed by atoms with van der Waals surface area (Å²) in [5.74, 6) is -0.297. The highest BCUT2D eigenvalue weighted by atomic mass is 32.1. The van der Waals surface area contributed by atoms with Gasteiger partial charge < -0.3 is 40.1 Å². The normalized spacial score (nSPS) is 17.6. The lowest BCUT2D eigenvalue weighted by Crippen LogP contribution is -2.52. The molecule has 1 aliphatic carbocycles. The van der Waals surface area contributed by atoms with Crippen molar-refractivity contribution in [3.8, 4) is 0 Å². The zero-order chi connectivity index (χ0) is 36.8. The van der Waals surface area contributed by atoms with Gasteiger partial charge in [0.05, 0.1) is 30.5 Å². The largest absolute Gasteiger partial charge is 0.390 e. The van der Waals surface area contributed by atoms with Crippen molar-refractivity contribution in [1.82, 2.24) is 19.7 Å². The summed E-state index contributed by atoms with van der Waals surface area (Å²) < 4.78 is 10.7. The highest BCUT2D eigenvalue weighted by molar-refractivity contribution is 7.13. The number of nitrogen functional groups attached to an aromatic ring is 1. The third-order valence-electron chi connectivity index (χ3n) is 10.1. The maximum absolute atomic E-state index is 14.3. The van der Waals surface area contributed by atoms with Crippen molar-refractivity contribution in [2.24, 2.45) is 11.8 Å². The quantitative estimate of drug-likeness (QED) is 0.176. The molecule has 284 valence electrons. The SMILES string of the molecule is COCOC1CCN(C(=O)CN(Cc2ccccc2)C(=O)CCC(=O)N(Cc2csc(N)n2)[C@@H](CC2CCCCC2)[C@@H](O)[C@@H](O)CC(C)C)CC1. The molecule has 1 saturated carbocycles. The minimum Gasteiger partial charge on any atom is -0.390 e. The molecule has 1 saturated heterocycles. The molecule has 4 N–H and O–H groups in total. The van der Waals surface area contributed by atoms with E-state index in [0.29, 0.717) is 55.5 Å². The van der Waals surface area contributed by atoms with Gasteiger partial charge in [0.1, 0.15) is 19.4 Å². The Labute approximate surface area is 307 Å². The Morgan fingerprint density at radius 1 is 1.00 bits per heavy atom. The number of likely N-dealkylation sites (tertiary alicyclic amines) is 1. The summed E-state index contributed by atoms with van der Waals surface area (Å²) in [5, 5.41) is 25.0. The zero-order valence-electron chi connectivity index (χ0n) is 30.7. The van der Waals surface area contributed by atoms with Crippen LogP contribution in [0.3, 0.4) is 0 Å². The average molecular weight is 730 g/mol. The topological polar surface area (TPSA) is 159 Å². The average Bonchev–Trinajstić information content (AvgIpc) is 3.55. The summed E-state index contributed by atoms with van der Waals surface area (Å²) in [4.78, 5) is 51.0. The number of aliphatic hydroxyl groups is 2. The second kappa shape index (κ2) is 20.8. The van der Waals surface area contributed by atoms with E-state index in [1.54, 1.807) is 22.3 Å². The Balaban J connectivity index is 1.50. The number of carbonyl (C=O) groups excluding carboxylic acids is 3. The van der Waals surface area contributed by atoms with Crippen molar-refractivity contribution < 1.29 is 34.1 Å². The molecule has 3 amide bonds. The van der Waals surface area contributed by atoms with E-state index in [1.807, 2.05) is 44.2 Å². The maximum atomic E-state index is 14.3. The molecule has 0 radical (unpaired) electrons. The van der Waals surface area contributed by atoms with Gasteiger partial charge in [-0.15, -0.1) is 11.3 Å². The minimum atomic E-state index is -1.17. The number of ether oxygens (including phenoxy) is 2. The van der Waals surface area contributed by atoms with Gasteiger partial charge in [0.15, 0.2) is 5.13 Å². The number of aromatic nitrogens is 1. The lowest BCUT2D eigenvalue weighted by atomic mass is 9.81. The van der Waals surface area contributed by atoms with Gasteiger partial charge in [0, 0.05) is 45.0 Å². The number of anilines is 1. The van der Waals surface area contributed by atoms with Crippen LogP contribution >= 0.6 is 11.3 Å². The van der Waals surface area contributed by atoms with Crippen molar-refractivity contribution in [3.63, 3.8) is 0 Å². The molecule has 1 aromatic carbocycles. The maximum Gasteiger partial charge on any atom is 0.242 e. The number of hydrogen-bond acceptors (Lipinski definition) is 10. The number of benzene rings is 1. The number of carbonyl (C=O) groups is 3. The molecule has 0 spiro atoms. The second-order valence-electron chi connectivity index (χ2n) is 14.6. The molecule has 1 aliphatic heterocycles. The van der Waals surface area contributed by atoms with E-state index in [1.165, 1.54) is 22.7 Å². The van der Waals surface area contributed by atoms with Gasteiger partial charge in [0.2, 0.25) is 17.7 Å². The highest BCUT2D eigenvalue weighted by Crippen LogP contribution is 2.32. The van der Waals surface area contributed by atoms with E-state index in [2.05, 4.69) is 4.98 Å². The number of rotatable bonds is 19. The summed E-state index contributed by atoms with van der Waals surface area (Å²) in [6.07, 6.45) is 5.34. The fourth-order valence-corrected chi connectivity index (χ4v) is 7.86. The Morgan fingerprint density at radius 3 is 2.31 bits per heavy atom. The van der Waals surface area contributed by atoms with Crippen molar-refractivity contribution >= 4 is 34.2 Å². The molecule has 2 heterocycles. The Bertz CT molecular complexity index is 1350. The Kier molecular flexibility index (Phi) is 16.6. The Morgan fingerprint density at radius 2 is 1.69 bits per heavy atom. The van der Waals surface area contributed by atoms with Crippen LogP contribution < -0.4 is 5.73 Å². The predicted molar refractivity (Wildman–Crippen MR) is 197 cm³/mol. The van der Waals surface area contributed by atoms with Crippen LogP contribution in [0, 0.1) is 11.8 Å². The summed E-state index contributed by atoms with van der Waals surface area (Å²) >= 11 is 1.28. The van der Waals surface area contributed by atoms with Crippen LogP contribution in [-0.4, -0.2) is 106 Å². The van der Waals surface area contributed by atoms with E-state index in [9.17, 15) is 24.6 Å². The molecule has 51 heavy (non-hydrogen) atoms. The van der Waals surface area contributed by atoms with Gasteiger partial charge in [-0.25, -0.2) is 4.98 Å². The molecule has 13 heteroatoms. The molecule has 2 aliphatic rings. The number of aliphatic hydroxyl groups excluding tert-OH is 2. The van der Waals surface area contributed by atoms with E-state index in [4.69, 9.17) is 15.2 Å². The van der Waals surface area contributed by atoms with Gasteiger partial charge in [-0.1, -0.05) is 76.3 Å². The lowest BCUT2D eigenvalue weighted by molar-refractivity contribution is -0.146. The summed E-state index contributed by atoms with van der Waals surface area (Å²) in [6, 6.07) is 8.84. The third kappa shape index (κ3) is 13.1. The van der Waals surface area contributed by atoms with E-state index >= 15 is 0 Å². The van der Waals surface area contributed by atoms with E-state index < -0.39 is 18.2 Å². The van der Waals surface area contributed by atoms with E-state index in [0.717, 1.165) is 31.2 Å². The molecule has 1 aromatic heterocycles. The van der Waals surface area contributed by atoms with Crippen molar-refractivity contribution in [1.29, 1.82) is 0 Å². The fourth-order valence-electron chi connectivity index (χ4n) is 7.31. The first kappa shape index (κ1) is 40.7. The summed E-state index contributed by atoms with van der Waals surface area (Å²) in [7, 11) is 1.58. The lowest BCUT2D eigenvalue weighted by Gasteiger charge is -2.39.